The molecule has 0 aliphatic heterocycles. The normalized spacial score (nSPS) is 15.6. The van der Waals surface area contributed by atoms with E-state index in [4.69, 9.17) is 27.8 Å². The van der Waals surface area contributed by atoms with Gasteiger partial charge in [-0.15, -0.1) is 0 Å². The van der Waals surface area contributed by atoms with Crippen molar-refractivity contribution in [3.05, 3.63) is 22.7 Å². The van der Waals surface area contributed by atoms with E-state index in [1.54, 1.807) is 6.07 Å². The van der Waals surface area contributed by atoms with Crippen LogP contribution in [0.1, 0.15) is 29.6 Å². The fourth-order valence-electron chi connectivity index (χ4n) is 1.57. The van der Waals surface area contributed by atoms with E-state index >= 15 is 0 Å². The summed E-state index contributed by atoms with van der Waals surface area (Å²) in [6, 6.07) is 3.05. The highest BCUT2D eigenvalue weighted by atomic mass is 35.5. The molecule has 1 aliphatic rings. The van der Waals surface area contributed by atoms with Crippen molar-refractivity contribution in [3.8, 4) is 5.75 Å². The van der Waals surface area contributed by atoms with Crippen LogP contribution in [0.25, 0.3) is 0 Å². The molecule has 0 aromatic heterocycles. The van der Waals surface area contributed by atoms with Crippen LogP contribution < -0.4 is 16.2 Å². The average Bonchev–Trinajstić information content (AvgIpc) is 2.12. The molecule has 4 N–H and O–H groups in total. The Labute approximate surface area is 98.5 Å². The molecule has 0 radical (unpaired) electrons. The van der Waals surface area contributed by atoms with Crippen LogP contribution in [-0.2, 0) is 0 Å². The SMILES string of the molecule is NC(=O)c1cc(N)cc(Cl)c1OC1CCC1. The lowest BCUT2D eigenvalue weighted by Gasteiger charge is -2.27. The highest BCUT2D eigenvalue weighted by molar-refractivity contribution is 6.33. The molecule has 0 bridgehead atoms. The highest BCUT2D eigenvalue weighted by Crippen LogP contribution is 2.35. The van der Waals surface area contributed by atoms with Gasteiger partial charge in [-0.1, -0.05) is 11.6 Å². The molecule has 0 heterocycles. The summed E-state index contributed by atoms with van der Waals surface area (Å²) in [5.41, 5.74) is 11.5. The van der Waals surface area contributed by atoms with Gasteiger partial charge in [0.25, 0.3) is 5.91 Å². The molecule has 1 fully saturated rings. The van der Waals surface area contributed by atoms with Crippen molar-refractivity contribution < 1.29 is 9.53 Å². The van der Waals surface area contributed by atoms with Gasteiger partial charge in [0.2, 0.25) is 0 Å². The van der Waals surface area contributed by atoms with Crippen LogP contribution in [0.15, 0.2) is 12.1 Å². The summed E-state index contributed by atoms with van der Waals surface area (Å²) in [4.78, 5) is 11.2. The van der Waals surface area contributed by atoms with Crippen molar-refractivity contribution in [2.75, 3.05) is 5.73 Å². The number of hydrogen-bond acceptors (Lipinski definition) is 3. The number of carbonyl (C=O) groups excluding carboxylic acids is 1. The Morgan fingerprint density at radius 3 is 2.62 bits per heavy atom. The molecule has 1 aromatic rings. The van der Waals surface area contributed by atoms with Crippen LogP contribution >= 0.6 is 11.6 Å². The van der Waals surface area contributed by atoms with E-state index < -0.39 is 5.91 Å². The number of hydrogen-bond donors (Lipinski definition) is 2. The molecule has 0 unspecified atom stereocenters. The van der Waals surface area contributed by atoms with Gasteiger partial charge in [-0.25, -0.2) is 0 Å². The maximum atomic E-state index is 11.2. The van der Waals surface area contributed by atoms with Crippen molar-refractivity contribution in [3.63, 3.8) is 0 Å². The monoisotopic (exact) mass is 240 g/mol. The number of benzene rings is 1. The lowest BCUT2D eigenvalue weighted by Crippen LogP contribution is -2.26. The quantitative estimate of drug-likeness (QED) is 0.793. The van der Waals surface area contributed by atoms with Crippen molar-refractivity contribution in [2.24, 2.45) is 5.73 Å². The van der Waals surface area contributed by atoms with Gasteiger partial charge >= 0.3 is 0 Å². The molecule has 1 amide bonds. The largest absolute Gasteiger partial charge is 0.488 e. The molecule has 1 saturated carbocycles. The first kappa shape index (κ1) is 11.1. The molecular weight excluding hydrogens is 228 g/mol. The molecule has 0 spiro atoms. The fourth-order valence-corrected chi connectivity index (χ4v) is 1.84. The Morgan fingerprint density at radius 1 is 1.44 bits per heavy atom. The number of carbonyl (C=O) groups is 1. The second-order valence-corrected chi connectivity index (χ2v) is 4.32. The zero-order chi connectivity index (χ0) is 11.7. The predicted octanol–water partition coefficient (Wildman–Crippen LogP) is 1.95. The van der Waals surface area contributed by atoms with E-state index in [1.165, 1.54) is 6.07 Å². The maximum Gasteiger partial charge on any atom is 0.252 e. The summed E-state index contributed by atoms with van der Waals surface area (Å²) in [5, 5.41) is 0.334. The van der Waals surface area contributed by atoms with Crippen LogP contribution in [-0.4, -0.2) is 12.0 Å². The Balaban J connectivity index is 2.35. The topological polar surface area (TPSA) is 78.3 Å². The Morgan fingerprint density at radius 2 is 2.12 bits per heavy atom. The van der Waals surface area contributed by atoms with E-state index in [0.717, 1.165) is 19.3 Å². The van der Waals surface area contributed by atoms with Gasteiger partial charge in [-0.3, -0.25) is 4.79 Å². The molecule has 1 aliphatic carbocycles. The summed E-state index contributed by atoms with van der Waals surface area (Å²) < 4.78 is 5.64. The summed E-state index contributed by atoms with van der Waals surface area (Å²) in [6.45, 7) is 0. The average molecular weight is 241 g/mol. The van der Waals surface area contributed by atoms with Gasteiger partial charge in [0.15, 0.2) is 5.75 Å². The van der Waals surface area contributed by atoms with Gasteiger partial charge in [0, 0.05) is 5.69 Å². The minimum Gasteiger partial charge on any atom is -0.488 e. The number of primary amides is 1. The molecule has 16 heavy (non-hydrogen) atoms. The summed E-state index contributed by atoms with van der Waals surface area (Å²) in [5.74, 6) is -0.225. The molecule has 5 heteroatoms. The highest BCUT2D eigenvalue weighted by Gasteiger charge is 2.23. The van der Waals surface area contributed by atoms with Crippen LogP contribution in [0.2, 0.25) is 5.02 Å². The second-order valence-electron chi connectivity index (χ2n) is 3.91. The second kappa shape index (κ2) is 4.22. The van der Waals surface area contributed by atoms with E-state index in [2.05, 4.69) is 0 Å². The summed E-state index contributed by atoms with van der Waals surface area (Å²) >= 11 is 5.99. The molecule has 0 atom stereocenters. The van der Waals surface area contributed by atoms with Crippen LogP contribution in [0, 0.1) is 0 Å². The Hall–Kier alpha value is -1.42. The van der Waals surface area contributed by atoms with Gasteiger partial charge in [-0.05, 0) is 31.4 Å². The van der Waals surface area contributed by atoms with E-state index in [0.29, 0.717) is 16.5 Å². The number of halogens is 1. The van der Waals surface area contributed by atoms with Crippen LogP contribution in [0.5, 0.6) is 5.75 Å². The van der Waals surface area contributed by atoms with Crippen molar-refractivity contribution >= 4 is 23.2 Å². The van der Waals surface area contributed by atoms with Crippen molar-refractivity contribution in [2.45, 2.75) is 25.4 Å². The van der Waals surface area contributed by atoms with E-state index in [9.17, 15) is 4.79 Å². The number of anilines is 1. The first-order valence-corrected chi connectivity index (χ1v) is 5.51. The molecular formula is C11H13ClN2O2. The Bertz CT molecular complexity index is 430. The predicted molar refractivity (Wildman–Crippen MR) is 62.6 cm³/mol. The summed E-state index contributed by atoms with van der Waals surface area (Å²) in [6.07, 6.45) is 3.25. The molecule has 86 valence electrons. The minimum atomic E-state index is -0.580. The van der Waals surface area contributed by atoms with E-state index in [1.807, 2.05) is 0 Å². The number of ether oxygens (including phenoxy) is 1. The molecule has 2 rings (SSSR count). The minimum absolute atomic E-state index is 0.138. The third-order valence-corrected chi connectivity index (χ3v) is 2.95. The zero-order valence-electron chi connectivity index (χ0n) is 8.70. The first-order chi connectivity index (χ1) is 7.58. The fraction of sp³-hybridized carbons (Fsp3) is 0.364. The van der Waals surface area contributed by atoms with Crippen molar-refractivity contribution in [1.82, 2.24) is 0 Å². The van der Waals surface area contributed by atoms with Crippen LogP contribution in [0.4, 0.5) is 5.69 Å². The third-order valence-electron chi connectivity index (χ3n) is 2.67. The van der Waals surface area contributed by atoms with Gasteiger partial charge in [-0.2, -0.15) is 0 Å². The van der Waals surface area contributed by atoms with Crippen LogP contribution in [0.3, 0.4) is 0 Å². The maximum absolute atomic E-state index is 11.2. The smallest absolute Gasteiger partial charge is 0.252 e. The van der Waals surface area contributed by atoms with Gasteiger partial charge in [0.1, 0.15) is 0 Å². The van der Waals surface area contributed by atoms with Gasteiger partial charge < -0.3 is 16.2 Å². The lowest BCUT2D eigenvalue weighted by atomic mass is 9.96. The third kappa shape index (κ3) is 2.07. The Kier molecular flexibility index (Phi) is 2.92. The van der Waals surface area contributed by atoms with Gasteiger partial charge in [0.05, 0.1) is 16.7 Å². The standard InChI is InChI=1S/C11H13ClN2O2/c12-9-5-6(13)4-8(11(14)15)10(9)16-7-2-1-3-7/h4-5,7H,1-3,13H2,(H2,14,15). The number of rotatable bonds is 3. The van der Waals surface area contributed by atoms with E-state index in [-0.39, 0.29) is 11.7 Å². The first-order valence-electron chi connectivity index (χ1n) is 5.13. The number of amides is 1. The van der Waals surface area contributed by atoms with Crippen molar-refractivity contribution in [1.29, 1.82) is 0 Å². The summed E-state index contributed by atoms with van der Waals surface area (Å²) in [7, 11) is 0. The number of nitrogens with two attached hydrogens (primary N) is 2. The molecule has 1 aromatic carbocycles. The lowest BCUT2D eigenvalue weighted by molar-refractivity contribution is 0.0972. The molecule has 4 nitrogen and oxygen atoms in total. The zero-order valence-corrected chi connectivity index (χ0v) is 9.46. The molecule has 0 saturated heterocycles. The number of nitrogen functional groups attached to an aromatic ring is 1.